The summed E-state index contributed by atoms with van der Waals surface area (Å²) in [4.78, 5) is 0. The van der Waals surface area contributed by atoms with Crippen molar-refractivity contribution in [1.29, 1.82) is 0 Å². The third kappa shape index (κ3) is 1.71. The lowest BCUT2D eigenvalue weighted by Gasteiger charge is -2.08. The van der Waals surface area contributed by atoms with Crippen molar-refractivity contribution >= 4 is 21.5 Å². The standard InChI is InChI=1S/C12H13BrO/c1-8-5-6-14-12-4-3-10(13)7-11(12)9(8)2/h3-4,7H,5-6H2,1-2H3. The van der Waals surface area contributed by atoms with Gasteiger partial charge < -0.3 is 4.74 Å². The fourth-order valence-electron chi connectivity index (χ4n) is 1.65. The molecule has 14 heavy (non-hydrogen) atoms. The number of hydrogen-bond acceptors (Lipinski definition) is 1. The second-order valence-corrected chi connectivity index (χ2v) is 4.56. The molecule has 74 valence electrons. The van der Waals surface area contributed by atoms with Crippen molar-refractivity contribution < 1.29 is 4.74 Å². The Labute approximate surface area is 92.9 Å². The molecule has 0 unspecified atom stereocenters. The third-order valence-corrected chi connectivity index (χ3v) is 3.21. The van der Waals surface area contributed by atoms with E-state index < -0.39 is 0 Å². The summed E-state index contributed by atoms with van der Waals surface area (Å²) in [5.41, 5.74) is 3.98. The first-order chi connectivity index (χ1) is 6.68. The highest BCUT2D eigenvalue weighted by atomic mass is 79.9. The van der Waals surface area contributed by atoms with Crippen LogP contribution in [-0.4, -0.2) is 6.61 Å². The molecule has 0 aliphatic carbocycles. The van der Waals surface area contributed by atoms with Gasteiger partial charge in [0, 0.05) is 16.5 Å². The minimum Gasteiger partial charge on any atom is -0.493 e. The van der Waals surface area contributed by atoms with Crippen LogP contribution >= 0.6 is 15.9 Å². The van der Waals surface area contributed by atoms with Crippen molar-refractivity contribution in [3.63, 3.8) is 0 Å². The molecule has 0 spiro atoms. The van der Waals surface area contributed by atoms with Crippen LogP contribution in [0.4, 0.5) is 0 Å². The highest BCUT2D eigenvalue weighted by Crippen LogP contribution is 2.33. The number of fused-ring (bicyclic) bond motifs is 1. The summed E-state index contributed by atoms with van der Waals surface area (Å²) in [6, 6.07) is 6.17. The van der Waals surface area contributed by atoms with Crippen molar-refractivity contribution in [2.45, 2.75) is 20.3 Å². The first-order valence-electron chi connectivity index (χ1n) is 4.77. The molecular weight excluding hydrogens is 240 g/mol. The SMILES string of the molecule is CC1=C(C)c2cc(Br)ccc2OCC1. The van der Waals surface area contributed by atoms with Crippen LogP contribution in [-0.2, 0) is 0 Å². The Hall–Kier alpha value is -0.760. The van der Waals surface area contributed by atoms with Gasteiger partial charge in [0.25, 0.3) is 0 Å². The molecule has 1 aliphatic heterocycles. The van der Waals surface area contributed by atoms with Gasteiger partial charge in [0.05, 0.1) is 6.61 Å². The topological polar surface area (TPSA) is 9.23 Å². The van der Waals surface area contributed by atoms with E-state index in [9.17, 15) is 0 Å². The van der Waals surface area contributed by atoms with Gasteiger partial charge in [-0.1, -0.05) is 21.5 Å². The first-order valence-corrected chi connectivity index (χ1v) is 5.57. The molecule has 1 nitrogen and oxygen atoms in total. The van der Waals surface area contributed by atoms with E-state index in [1.54, 1.807) is 0 Å². The van der Waals surface area contributed by atoms with E-state index >= 15 is 0 Å². The summed E-state index contributed by atoms with van der Waals surface area (Å²) in [6.45, 7) is 5.13. The monoisotopic (exact) mass is 252 g/mol. The number of allylic oxidation sites excluding steroid dienone is 1. The molecule has 1 aliphatic rings. The van der Waals surface area contributed by atoms with Crippen LogP contribution in [0.15, 0.2) is 28.2 Å². The van der Waals surface area contributed by atoms with E-state index in [0.717, 1.165) is 23.2 Å². The van der Waals surface area contributed by atoms with Crippen LogP contribution in [0.25, 0.3) is 5.57 Å². The molecule has 0 atom stereocenters. The van der Waals surface area contributed by atoms with Gasteiger partial charge in [0.2, 0.25) is 0 Å². The third-order valence-electron chi connectivity index (χ3n) is 2.72. The minimum absolute atomic E-state index is 0.789. The second kappa shape index (κ2) is 3.77. The van der Waals surface area contributed by atoms with E-state index in [4.69, 9.17) is 4.74 Å². The average molecular weight is 253 g/mol. The molecular formula is C12H13BrO. The maximum absolute atomic E-state index is 5.68. The van der Waals surface area contributed by atoms with Gasteiger partial charge in [0.1, 0.15) is 5.75 Å². The molecule has 0 amide bonds. The van der Waals surface area contributed by atoms with Crippen molar-refractivity contribution in [1.82, 2.24) is 0 Å². The molecule has 0 saturated heterocycles. The molecule has 0 saturated carbocycles. The number of hydrogen-bond donors (Lipinski definition) is 0. The molecule has 1 aromatic rings. The maximum Gasteiger partial charge on any atom is 0.126 e. The molecule has 0 bridgehead atoms. The Bertz CT molecular complexity index is 393. The number of benzene rings is 1. The van der Waals surface area contributed by atoms with Crippen molar-refractivity contribution in [2.24, 2.45) is 0 Å². The Morgan fingerprint density at radius 1 is 1.29 bits per heavy atom. The molecule has 0 radical (unpaired) electrons. The van der Waals surface area contributed by atoms with E-state index in [1.807, 2.05) is 12.1 Å². The Morgan fingerprint density at radius 3 is 2.86 bits per heavy atom. The molecule has 0 aromatic heterocycles. The fraction of sp³-hybridized carbons (Fsp3) is 0.333. The zero-order chi connectivity index (χ0) is 10.1. The Morgan fingerprint density at radius 2 is 2.07 bits per heavy atom. The van der Waals surface area contributed by atoms with Crippen LogP contribution in [0.3, 0.4) is 0 Å². The van der Waals surface area contributed by atoms with Gasteiger partial charge in [-0.2, -0.15) is 0 Å². The molecule has 2 rings (SSSR count). The van der Waals surface area contributed by atoms with Gasteiger partial charge in [-0.05, 0) is 37.6 Å². The smallest absolute Gasteiger partial charge is 0.126 e. The summed E-state index contributed by atoms with van der Waals surface area (Å²) >= 11 is 3.49. The summed E-state index contributed by atoms with van der Waals surface area (Å²) in [6.07, 6.45) is 1.03. The first kappa shape index (κ1) is 9.78. The normalized spacial score (nSPS) is 15.9. The second-order valence-electron chi connectivity index (χ2n) is 3.64. The fourth-order valence-corrected chi connectivity index (χ4v) is 2.01. The van der Waals surface area contributed by atoms with Gasteiger partial charge in [-0.3, -0.25) is 0 Å². The van der Waals surface area contributed by atoms with Crippen molar-refractivity contribution in [3.05, 3.63) is 33.8 Å². The predicted octanol–water partition coefficient (Wildman–Crippen LogP) is 4.03. The lowest BCUT2D eigenvalue weighted by molar-refractivity contribution is 0.324. The van der Waals surface area contributed by atoms with Gasteiger partial charge in [-0.25, -0.2) is 0 Å². The molecule has 2 heteroatoms. The van der Waals surface area contributed by atoms with Crippen LogP contribution in [0.1, 0.15) is 25.8 Å². The van der Waals surface area contributed by atoms with Crippen LogP contribution < -0.4 is 4.74 Å². The van der Waals surface area contributed by atoms with E-state index in [2.05, 4.69) is 35.8 Å². The highest BCUT2D eigenvalue weighted by molar-refractivity contribution is 9.10. The summed E-state index contributed by atoms with van der Waals surface area (Å²) in [7, 11) is 0. The number of ether oxygens (including phenoxy) is 1. The molecule has 0 N–H and O–H groups in total. The number of rotatable bonds is 0. The van der Waals surface area contributed by atoms with Gasteiger partial charge in [0.15, 0.2) is 0 Å². The molecule has 1 heterocycles. The van der Waals surface area contributed by atoms with Crippen LogP contribution in [0, 0.1) is 0 Å². The summed E-state index contributed by atoms with van der Waals surface area (Å²) in [5.74, 6) is 1.00. The van der Waals surface area contributed by atoms with E-state index in [0.29, 0.717) is 0 Å². The predicted molar refractivity (Wildman–Crippen MR) is 62.5 cm³/mol. The summed E-state index contributed by atoms with van der Waals surface area (Å²) < 4.78 is 6.79. The molecule has 0 fully saturated rings. The number of halogens is 1. The lowest BCUT2D eigenvalue weighted by Crippen LogP contribution is -1.95. The summed E-state index contributed by atoms with van der Waals surface area (Å²) in [5, 5.41) is 0. The van der Waals surface area contributed by atoms with Gasteiger partial charge >= 0.3 is 0 Å². The highest BCUT2D eigenvalue weighted by Gasteiger charge is 2.12. The zero-order valence-corrected chi connectivity index (χ0v) is 10.0. The van der Waals surface area contributed by atoms with Crippen LogP contribution in [0.2, 0.25) is 0 Å². The molecule has 1 aromatic carbocycles. The zero-order valence-electron chi connectivity index (χ0n) is 8.43. The van der Waals surface area contributed by atoms with Crippen molar-refractivity contribution in [2.75, 3.05) is 6.61 Å². The maximum atomic E-state index is 5.68. The average Bonchev–Trinajstić information content (AvgIpc) is 2.30. The van der Waals surface area contributed by atoms with Crippen LogP contribution in [0.5, 0.6) is 5.75 Å². The minimum atomic E-state index is 0.789. The largest absolute Gasteiger partial charge is 0.493 e. The van der Waals surface area contributed by atoms with E-state index in [-0.39, 0.29) is 0 Å². The quantitative estimate of drug-likeness (QED) is 0.678. The van der Waals surface area contributed by atoms with E-state index in [1.165, 1.54) is 16.7 Å². The lowest BCUT2D eigenvalue weighted by atomic mass is 10.0. The Balaban J connectivity index is 2.59. The Kier molecular flexibility index (Phi) is 2.64. The van der Waals surface area contributed by atoms with Gasteiger partial charge in [-0.15, -0.1) is 0 Å². The van der Waals surface area contributed by atoms with Crippen molar-refractivity contribution in [3.8, 4) is 5.75 Å².